The van der Waals surface area contributed by atoms with Crippen molar-refractivity contribution in [1.82, 2.24) is 19.9 Å². The zero-order chi connectivity index (χ0) is 17.5. The predicted molar refractivity (Wildman–Crippen MR) is 94.5 cm³/mol. The van der Waals surface area contributed by atoms with Gasteiger partial charge in [0.25, 0.3) is 0 Å². The first kappa shape index (κ1) is 17.8. The summed E-state index contributed by atoms with van der Waals surface area (Å²) in [6, 6.07) is 7.64. The van der Waals surface area contributed by atoms with E-state index < -0.39 is 0 Å². The van der Waals surface area contributed by atoms with Crippen molar-refractivity contribution in [2.75, 3.05) is 53.6 Å². The molecular formula is C18H26N4O3. The quantitative estimate of drug-likeness (QED) is 0.723. The molecule has 25 heavy (non-hydrogen) atoms. The Morgan fingerprint density at radius 1 is 1.20 bits per heavy atom. The van der Waals surface area contributed by atoms with E-state index in [4.69, 9.17) is 14.0 Å². The summed E-state index contributed by atoms with van der Waals surface area (Å²) in [4.78, 5) is 9.15. The molecule has 0 saturated carbocycles. The topological polar surface area (TPSA) is 63.9 Å². The van der Waals surface area contributed by atoms with Gasteiger partial charge in [0.1, 0.15) is 5.75 Å². The maximum atomic E-state index is 5.38. The lowest BCUT2D eigenvalue weighted by Gasteiger charge is -2.27. The highest BCUT2D eigenvalue weighted by Crippen LogP contribution is 2.20. The first-order valence-electron chi connectivity index (χ1n) is 8.70. The molecule has 1 saturated heterocycles. The van der Waals surface area contributed by atoms with Crippen LogP contribution in [0.25, 0.3) is 11.4 Å². The van der Waals surface area contributed by atoms with E-state index in [9.17, 15) is 0 Å². The van der Waals surface area contributed by atoms with Gasteiger partial charge in [-0.05, 0) is 50.8 Å². The van der Waals surface area contributed by atoms with Crippen molar-refractivity contribution in [1.29, 1.82) is 0 Å². The average Bonchev–Trinajstić information content (AvgIpc) is 3.11. The van der Waals surface area contributed by atoms with Crippen LogP contribution in [0.4, 0.5) is 0 Å². The number of hydrogen-bond donors (Lipinski definition) is 0. The fraction of sp³-hybridized carbons (Fsp3) is 0.556. The molecule has 1 aliphatic rings. The summed E-state index contributed by atoms with van der Waals surface area (Å²) < 4.78 is 15.9. The molecule has 0 radical (unpaired) electrons. The van der Waals surface area contributed by atoms with Gasteiger partial charge >= 0.3 is 0 Å². The molecule has 1 aliphatic heterocycles. The third-order valence-electron chi connectivity index (χ3n) is 4.34. The molecule has 1 aromatic carbocycles. The van der Waals surface area contributed by atoms with Crippen LogP contribution in [0.2, 0.25) is 0 Å². The minimum Gasteiger partial charge on any atom is -0.497 e. The lowest BCUT2D eigenvalue weighted by atomic mass is 10.2. The van der Waals surface area contributed by atoms with Crippen molar-refractivity contribution < 1.29 is 14.0 Å². The number of methoxy groups -OCH3 is 1. The molecule has 7 nitrogen and oxygen atoms in total. The summed E-state index contributed by atoms with van der Waals surface area (Å²) in [7, 11) is 3.73. The molecule has 0 N–H and O–H groups in total. The minimum absolute atomic E-state index is 0.611. The normalized spacial score (nSPS) is 15.6. The highest BCUT2D eigenvalue weighted by atomic mass is 16.5. The molecule has 3 rings (SSSR count). The van der Waals surface area contributed by atoms with Crippen molar-refractivity contribution in [3.8, 4) is 17.1 Å². The minimum atomic E-state index is 0.611. The van der Waals surface area contributed by atoms with Crippen molar-refractivity contribution in [3.05, 3.63) is 30.2 Å². The smallest absolute Gasteiger partial charge is 0.241 e. The first-order chi connectivity index (χ1) is 12.2. The van der Waals surface area contributed by atoms with Crippen LogP contribution in [0.15, 0.2) is 28.8 Å². The molecule has 0 unspecified atom stereocenters. The van der Waals surface area contributed by atoms with E-state index >= 15 is 0 Å². The second kappa shape index (κ2) is 8.94. The number of nitrogens with zero attached hydrogens (tertiary/aromatic N) is 4. The number of morpholine rings is 1. The van der Waals surface area contributed by atoms with Gasteiger partial charge in [0.05, 0.1) is 26.9 Å². The number of benzene rings is 1. The van der Waals surface area contributed by atoms with E-state index in [1.165, 1.54) is 0 Å². The van der Waals surface area contributed by atoms with E-state index in [0.29, 0.717) is 18.3 Å². The Hall–Kier alpha value is -1.96. The predicted octanol–water partition coefficient (Wildman–Crippen LogP) is 1.90. The molecule has 1 aromatic heterocycles. The van der Waals surface area contributed by atoms with Gasteiger partial charge in [0, 0.05) is 18.7 Å². The Labute approximate surface area is 148 Å². The van der Waals surface area contributed by atoms with Crippen LogP contribution < -0.4 is 4.74 Å². The highest BCUT2D eigenvalue weighted by molar-refractivity contribution is 5.55. The lowest BCUT2D eigenvalue weighted by molar-refractivity contribution is 0.0362. The van der Waals surface area contributed by atoms with Gasteiger partial charge in [-0.1, -0.05) is 5.16 Å². The standard InChI is InChI=1S/C18H26N4O3/c1-21(8-3-9-22-10-12-24-13-11-22)14-17-19-18(20-25-17)15-4-6-16(23-2)7-5-15/h4-7H,3,8-14H2,1-2H3. The van der Waals surface area contributed by atoms with Crippen LogP contribution in [-0.2, 0) is 11.3 Å². The maximum absolute atomic E-state index is 5.38. The molecule has 1 fully saturated rings. The molecule has 0 aliphatic carbocycles. The molecule has 7 heteroatoms. The number of aromatic nitrogens is 2. The molecule has 136 valence electrons. The Kier molecular flexibility index (Phi) is 6.38. The number of hydrogen-bond acceptors (Lipinski definition) is 7. The molecule has 2 heterocycles. The van der Waals surface area contributed by atoms with Gasteiger partial charge in [0.15, 0.2) is 0 Å². The van der Waals surface area contributed by atoms with Gasteiger partial charge in [-0.2, -0.15) is 4.98 Å². The monoisotopic (exact) mass is 346 g/mol. The number of rotatable bonds is 8. The van der Waals surface area contributed by atoms with E-state index in [0.717, 1.165) is 57.1 Å². The summed E-state index contributed by atoms with van der Waals surface area (Å²) in [5.41, 5.74) is 0.922. The fourth-order valence-electron chi connectivity index (χ4n) is 2.88. The zero-order valence-corrected chi connectivity index (χ0v) is 15.0. The summed E-state index contributed by atoms with van der Waals surface area (Å²) in [5.74, 6) is 2.06. The zero-order valence-electron chi connectivity index (χ0n) is 15.0. The van der Waals surface area contributed by atoms with Crippen LogP contribution in [0.5, 0.6) is 5.75 Å². The molecular weight excluding hydrogens is 320 g/mol. The third kappa shape index (κ3) is 5.26. The van der Waals surface area contributed by atoms with E-state index in [2.05, 4.69) is 27.0 Å². The van der Waals surface area contributed by atoms with Crippen LogP contribution >= 0.6 is 0 Å². The summed E-state index contributed by atoms with van der Waals surface area (Å²) >= 11 is 0. The molecule has 0 bridgehead atoms. The van der Waals surface area contributed by atoms with Crippen LogP contribution in [0.1, 0.15) is 12.3 Å². The third-order valence-corrected chi connectivity index (χ3v) is 4.34. The Bertz CT molecular complexity index is 638. The SMILES string of the molecule is COc1ccc(-c2noc(CN(C)CCCN3CCOCC3)n2)cc1. The van der Waals surface area contributed by atoms with Gasteiger partial charge in [-0.25, -0.2) is 0 Å². The van der Waals surface area contributed by atoms with Crippen molar-refractivity contribution >= 4 is 0 Å². The summed E-state index contributed by atoms with van der Waals surface area (Å²) in [6.45, 7) is 6.55. The van der Waals surface area contributed by atoms with Crippen molar-refractivity contribution in [2.45, 2.75) is 13.0 Å². The largest absolute Gasteiger partial charge is 0.497 e. The summed E-state index contributed by atoms with van der Waals surface area (Å²) in [5, 5.41) is 4.07. The highest BCUT2D eigenvalue weighted by Gasteiger charge is 2.13. The lowest BCUT2D eigenvalue weighted by Crippen LogP contribution is -2.37. The molecule has 0 spiro atoms. The molecule has 0 amide bonds. The van der Waals surface area contributed by atoms with Gasteiger partial charge in [-0.15, -0.1) is 0 Å². The second-order valence-corrected chi connectivity index (χ2v) is 6.29. The van der Waals surface area contributed by atoms with Crippen LogP contribution in [0.3, 0.4) is 0 Å². The van der Waals surface area contributed by atoms with Crippen molar-refractivity contribution in [2.24, 2.45) is 0 Å². The van der Waals surface area contributed by atoms with Gasteiger partial charge in [-0.3, -0.25) is 9.80 Å². The van der Waals surface area contributed by atoms with E-state index in [1.54, 1.807) is 7.11 Å². The van der Waals surface area contributed by atoms with Gasteiger partial charge < -0.3 is 14.0 Å². The molecule has 0 atom stereocenters. The maximum Gasteiger partial charge on any atom is 0.241 e. The van der Waals surface area contributed by atoms with Gasteiger partial charge in [0.2, 0.25) is 11.7 Å². The fourth-order valence-corrected chi connectivity index (χ4v) is 2.88. The van der Waals surface area contributed by atoms with Crippen LogP contribution in [0, 0.1) is 0 Å². The van der Waals surface area contributed by atoms with E-state index in [-0.39, 0.29) is 0 Å². The average molecular weight is 346 g/mol. The van der Waals surface area contributed by atoms with Crippen molar-refractivity contribution in [3.63, 3.8) is 0 Å². The van der Waals surface area contributed by atoms with Crippen LogP contribution in [-0.4, -0.2) is 73.5 Å². The Morgan fingerprint density at radius 3 is 2.68 bits per heavy atom. The first-order valence-corrected chi connectivity index (χ1v) is 8.70. The van der Waals surface area contributed by atoms with E-state index in [1.807, 2.05) is 24.3 Å². The summed E-state index contributed by atoms with van der Waals surface area (Å²) in [6.07, 6.45) is 1.12. The second-order valence-electron chi connectivity index (χ2n) is 6.29. The number of ether oxygens (including phenoxy) is 2. The Morgan fingerprint density at radius 2 is 1.96 bits per heavy atom. The Balaban J connectivity index is 1.45. The molecule has 2 aromatic rings.